The lowest BCUT2D eigenvalue weighted by Gasteiger charge is -2.19. The minimum Gasteiger partial charge on any atom is -0.459 e. The lowest BCUT2D eigenvalue weighted by Crippen LogP contribution is -2.38. The van der Waals surface area contributed by atoms with Crippen LogP contribution < -0.4 is 15.5 Å². The van der Waals surface area contributed by atoms with Crippen LogP contribution in [-0.2, 0) is 6.54 Å². The van der Waals surface area contributed by atoms with Crippen molar-refractivity contribution in [1.82, 2.24) is 10.6 Å². The molecule has 1 aliphatic heterocycles. The van der Waals surface area contributed by atoms with E-state index in [4.69, 9.17) is 4.42 Å². The molecule has 2 heterocycles. The average molecular weight is 502 g/mol. The Morgan fingerprint density at radius 2 is 1.83 bits per heavy atom. The van der Waals surface area contributed by atoms with E-state index in [9.17, 15) is 0 Å². The van der Waals surface area contributed by atoms with Gasteiger partial charge in [-0.1, -0.05) is 42.5 Å². The Bertz CT molecular complexity index is 953. The van der Waals surface area contributed by atoms with E-state index in [2.05, 4.69) is 76.0 Å². The first-order valence-electron chi connectivity index (χ1n) is 9.67. The van der Waals surface area contributed by atoms with Crippen molar-refractivity contribution in [1.29, 1.82) is 0 Å². The van der Waals surface area contributed by atoms with Crippen LogP contribution in [0, 0.1) is 0 Å². The molecule has 152 valence electrons. The second-order valence-electron chi connectivity index (χ2n) is 7.02. The molecular weight excluding hydrogens is 475 g/mol. The van der Waals surface area contributed by atoms with Gasteiger partial charge in [-0.15, -0.1) is 24.0 Å². The van der Waals surface area contributed by atoms with Gasteiger partial charge >= 0.3 is 0 Å². The van der Waals surface area contributed by atoms with Gasteiger partial charge in [-0.2, -0.15) is 0 Å². The highest BCUT2D eigenvalue weighted by atomic mass is 127. The topological polar surface area (TPSA) is 52.8 Å². The second kappa shape index (κ2) is 9.82. The summed E-state index contributed by atoms with van der Waals surface area (Å²) in [4.78, 5) is 6.68. The zero-order chi connectivity index (χ0) is 19.3. The molecule has 1 aromatic heterocycles. The van der Waals surface area contributed by atoms with Crippen LogP contribution in [0.5, 0.6) is 0 Å². The third-order valence-electron chi connectivity index (χ3n) is 5.03. The SMILES string of the molecule is CN=C(NCc1ccc(N2CC=CC2)cc1)NC(C)c1cc2ccccc2o1.I. The van der Waals surface area contributed by atoms with Gasteiger partial charge in [0.1, 0.15) is 11.3 Å². The van der Waals surface area contributed by atoms with Crippen molar-refractivity contribution in [2.75, 3.05) is 25.0 Å². The van der Waals surface area contributed by atoms with Crippen LogP contribution in [-0.4, -0.2) is 26.1 Å². The van der Waals surface area contributed by atoms with Gasteiger partial charge in [-0.3, -0.25) is 4.99 Å². The molecule has 1 atom stereocenters. The predicted octanol–water partition coefficient (Wildman–Crippen LogP) is 4.85. The third kappa shape index (κ3) is 5.12. The number of aliphatic imine (C=N–C) groups is 1. The molecular formula is C23H27IN4O. The number of guanidine groups is 1. The highest BCUT2D eigenvalue weighted by Crippen LogP contribution is 2.23. The smallest absolute Gasteiger partial charge is 0.191 e. The molecule has 5 nitrogen and oxygen atoms in total. The van der Waals surface area contributed by atoms with Crippen LogP contribution in [0.15, 0.2) is 76.2 Å². The predicted molar refractivity (Wildman–Crippen MR) is 131 cm³/mol. The number of fused-ring (bicyclic) bond motifs is 1. The van der Waals surface area contributed by atoms with Crippen LogP contribution in [0.4, 0.5) is 5.69 Å². The summed E-state index contributed by atoms with van der Waals surface area (Å²) in [6.07, 6.45) is 4.41. The second-order valence-corrected chi connectivity index (χ2v) is 7.02. The largest absolute Gasteiger partial charge is 0.459 e. The third-order valence-corrected chi connectivity index (χ3v) is 5.03. The first-order valence-corrected chi connectivity index (χ1v) is 9.67. The number of furan rings is 1. The van der Waals surface area contributed by atoms with Crippen LogP contribution in [0.1, 0.15) is 24.3 Å². The number of hydrogen-bond donors (Lipinski definition) is 2. The standard InChI is InChI=1S/C23H26N4O.HI/c1-17(22-15-19-7-3-4-8-21(19)28-22)26-23(24-2)25-16-18-9-11-20(12-10-18)27-13-5-6-14-27;/h3-12,15,17H,13-14,16H2,1-2H3,(H2,24,25,26);1H. The molecule has 2 aromatic carbocycles. The van der Waals surface area contributed by atoms with Crippen LogP contribution in [0.2, 0.25) is 0 Å². The van der Waals surface area contributed by atoms with E-state index in [0.29, 0.717) is 6.54 Å². The summed E-state index contributed by atoms with van der Waals surface area (Å²) in [5.41, 5.74) is 3.38. The summed E-state index contributed by atoms with van der Waals surface area (Å²) in [6, 6.07) is 18.8. The molecule has 0 radical (unpaired) electrons. The van der Waals surface area contributed by atoms with Gasteiger partial charge < -0.3 is 20.0 Å². The lowest BCUT2D eigenvalue weighted by molar-refractivity contribution is 0.488. The van der Waals surface area contributed by atoms with Crippen molar-refractivity contribution >= 4 is 46.6 Å². The van der Waals surface area contributed by atoms with Gasteiger partial charge in [0.25, 0.3) is 0 Å². The number of nitrogens with zero attached hydrogens (tertiary/aromatic N) is 2. The van der Waals surface area contributed by atoms with Gasteiger partial charge in [-0.25, -0.2) is 0 Å². The fourth-order valence-corrected chi connectivity index (χ4v) is 3.39. The molecule has 0 spiro atoms. The molecule has 0 aliphatic carbocycles. The van der Waals surface area contributed by atoms with E-state index in [0.717, 1.165) is 35.8 Å². The molecule has 4 rings (SSSR count). The van der Waals surface area contributed by atoms with E-state index >= 15 is 0 Å². The van der Waals surface area contributed by atoms with Gasteiger partial charge in [0, 0.05) is 37.8 Å². The molecule has 6 heteroatoms. The quantitative estimate of drug-likeness (QED) is 0.227. The minimum absolute atomic E-state index is 0. The van der Waals surface area contributed by atoms with E-state index < -0.39 is 0 Å². The van der Waals surface area contributed by atoms with Gasteiger partial charge in [0.05, 0.1) is 6.04 Å². The molecule has 0 saturated heterocycles. The van der Waals surface area contributed by atoms with Crippen LogP contribution >= 0.6 is 24.0 Å². The molecule has 0 fully saturated rings. The van der Waals surface area contributed by atoms with Crippen molar-refractivity contribution < 1.29 is 4.42 Å². The molecule has 1 unspecified atom stereocenters. The summed E-state index contributed by atoms with van der Waals surface area (Å²) in [6.45, 7) is 4.77. The lowest BCUT2D eigenvalue weighted by atomic mass is 10.2. The maximum absolute atomic E-state index is 5.94. The number of nitrogens with one attached hydrogen (secondary N) is 2. The summed E-state index contributed by atoms with van der Waals surface area (Å²) >= 11 is 0. The van der Waals surface area contributed by atoms with E-state index in [-0.39, 0.29) is 30.0 Å². The van der Waals surface area contributed by atoms with E-state index in [1.165, 1.54) is 11.3 Å². The van der Waals surface area contributed by atoms with Crippen molar-refractivity contribution in [2.45, 2.75) is 19.5 Å². The maximum Gasteiger partial charge on any atom is 0.191 e. The van der Waals surface area contributed by atoms with E-state index in [1.54, 1.807) is 7.05 Å². The number of anilines is 1. The Kier molecular flexibility index (Phi) is 7.19. The van der Waals surface area contributed by atoms with Crippen molar-refractivity contribution in [2.24, 2.45) is 4.99 Å². The van der Waals surface area contributed by atoms with E-state index in [1.807, 2.05) is 18.2 Å². The fourth-order valence-electron chi connectivity index (χ4n) is 3.39. The fraction of sp³-hybridized carbons (Fsp3) is 0.261. The molecule has 0 saturated carbocycles. The highest BCUT2D eigenvalue weighted by molar-refractivity contribution is 14.0. The van der Waals surface area contributed by atoms with Gasteiger partial charge in [0.15, 0.2) is 5.96 Å². The van der Waals surface area contributed by atoms with Crippen molar-refractivity contribution in [3.8, 4) is 0 Å². The van der Waals surface area contributed by atoms with Crippen molar-refractivity contribution in [3.63, 3.8) is 0 Å². The Morgan fingerprint density at radius 3 is 2.52 bits per heavy atom. The number of halogens is 1. The van der Waals surface area contributed by atoms with Crippen molar-refractivity contribution in [3.05, 3.63) is 78.1 Å². The zero-order valence-electron chi connectivity index (χ0n) is 16.8. The summed E-state index contributed by atoms with van der Waals surface area (Å²) in [5.74, 6) is 1.65. The summed E-state index contributed by atoms with van der Waals surface area (Å²) < 4.78 is 5.94. The molecule has 3 aromatic rings. The van der Waals surface area contributed by atoms with Crippen LogP contribution in [0.25, 0.3) is 11.0 Å². The maximum atomic E-state index is 5.94. The molecule has 0 bridgehead atoms. The summed E-state index contributed by atoms with van der Waals surface area (Å²) in [7, 11) is 1.78. The first-order chi connectivity index (χ1) is 13.7. The molecule has 2 N–H and O–H groups in total. The van der Waals surface area contributed by atoms with Gasteiger partial charge in [-0.05, 0) is 36.8 Å². The monoisotopic (exact) mass is 502 g/mol. The minimum atomic E-state index is 0. The summed E-state index contributed by atoms with van der Waals surface area (Å²) in [5, 5.41) is 7.89. The first kappa shape index (κ1) is 21.2. The Balaban J connectivity index is 0.00000240. The van der Waals surface area contributed by atoms with Gasteiger partial charge in [0.2, 0.25) is 0 Å². The number of para-hydroxylation sites is 1. The average Bonchev–Trinajstić information content (AvgIpc) is 3.41. The Morgan fingerprint density at radius 1 is 1.10 bits per heavy atom. The normalized spacial score (nSPS) is 14.7. The molecule has 1 aliphatic rings. The van der Waals surface area contributed by atoms with Crippen LogP contribution in [0.3, 0.4) is 0 Å². The number of benzene rings is 2. The number of rotatable bonds is 5. The Hall–Kier alpha value is -2.48. The highest BCUT2D eigenvalue weighted by Gasteiger charge is 2.13. The Labute approximate surface area is 188 Å². The zero-order valence-corrected chi connectivity index (χ0v) is 19.1. The number of hydrogen-bond acceptors (Lipinski definition) is 3. The molecule has 29 heavy (non-hydrogen) atoms. The molecule has 0 amide bonds.